The number of esters is 1. The fourth-order valence-corrected chi connectivity index (χ4v) is 2.73. The van der Waals surface area contributed by atoms with Gasteiger partial charge in [0.1, 0.15) is 0 Å². The lowest BCUT2D eigenvalue weighted by atomic mass is 9.96. The Labute approximate surface area is 136 Å². The van der Waals surface area contributed by atoms with Gasteiger partial charge in [-0.15, -0.1) is 0 Å². The van der Waals surface area contributed by atoms with Crippen molar-refractivity contribution < 1.29 is 9.53 Å². The van der Waals surface area contributed by atoms with Crippen LogP contribution in [0, 0.1) is 0 Å². The number of allylic oxidation sites excluding steroid dienone is 1. The van der Waals surface area contributed by atoms with Gasteiger partial charge in [0.15, 0.2) is 5.11 Å². The molecule has 0 spiro atoms. The normalized spacial score (nSPS) is 17.7. The van der Waals surface area contributed by atoms with Crippen LogP contribution >= 0.6 is 12.2 Å². The minimum Gasteiger partial charge on any atom is -0.462 e. The number of carbonyl (C=O) groups excluding carboxylic acids is 1. The molecule has 1 aromatic carbocycles. The van der Waals surface area contributed by atoms with Crippen molar-refractivity contribution >= 4 is 23.3 Å². The number of nitrogens with one attached hydrogen (secondary N) is 2. The van der Waals surface area contributed by atoms with Crippen LogP contribution in [0.25, 0.3) is 0 Å². The number of thiocarbonyl (C=S) groups is 1. The Morgan fingerprint density at radius 1 is 1.27 bits per heavy atom. The lowest BCUT2D eigenvalue weighted by Crippen LogP contribution is -2.45. The fourth-order valence-electron chi connectivity index (χ4n) is 2.45. The summed E-state index contributed by atoms with van der Waals surface area (Å²) in [6.45, 7) is 4.43. The molecule has 0 bridgehead atoms. The van der Waals surface area contributed by atoms with Crippen molar-refractivity contribution in [2.24, 2.45) is 0 Å². The Morgan fingerprint density at radius 2 is 2.00 bits per heavy atom. The van der Waals surface area contributed by atoms with Crippen molar-refractivity contribution in [3.05, 3.63) is 47.2 Å². The van der Waals surface area contributed by atoms with E-state index in [4.69, 9.17) is 17.0 Å². The van der Waals surface area contributed by atoms with E-state index in [9.17, 15) is 4.79 Å². The second-order valence-corrected chi connectivity index (χ2v) is 5.73. The molecule has 22 heavy (non-hydrogen) atoms. The molecule has 0 amide bonds. The summed E-state index contributed by atoms with van der Waals surface area (Å²) in [5, 5.41) is 6.69. The summed E-state index contributed by atoms with van der Waals surface area (Å²) in [5.74, 6) is -0.287. The maximum absolute atomic E-state index is 12.5. The number of carbonyl (C=O) groups is 1. The van der Waals surface area contributed by atoms with Gasteiger partial charge in [-0.05, 0) is 31.1 Å². The van der Waals surface area contributed by atoms with Crippen LogP contribution in [0.2, 0.25) is 0 Å². The highest BCUT2D eigenvalue weighted by molar-refractivity contribution is 7.80. The molecule has 2 N–H and O–H groups in total. The van der Waals surface area contributed by atoms with E-state index in [0.29, 0.717) is 17.3 Å². The number of hydrogen-bond acceptors (Lipinski definition) is 3. The lowest BCUT2D eigenvalue weighted by molar-refractivity contribution is -0.139. The molecule has 0 radical (unpaired) electrons. The van der Waals surface area contributed by atoms with Crippen molar-refractivity contribution in [2.75, 3.05) is 6.61 Å². The van der Waals surface area contributed by atoms with Crippen molar-refractivity contribution in [1.29, 1.82) is 0 Å². The Kier molecular flexibility index (Phi) is 5.95. The van der Waals surface area contributed by atoms with E-state index in [0.717, 1.165) is 30.5 Å². The zero-order valence-corrected chi connectivity index (χ0v) is 13.8. The first kappa shape index (κ1) is 16.5. The van der Waals surface area contributed by atoms with Gasteiger partial charge in [0.2, 0.25) is 0 Å². The van der Waals surface area contributed by atoms with Gasteiger partial charge in [-0.2, -0.15) is 0 Å². The van der Waals surface area contributed by atoms with Gasteiger partial charge in [-0.1, -0.05) is 50.1 Å². The van der Waals surface area contributed by atoms with Gasteiger partial charge in [0.05, 0.1) is 18.2 Å². The van der Waals surface area contributed by atoms with Gasteiger partial charge in [0.25, 0.3) is 0 Å². The van der Waals surface area contributed by atoms with Crippen LogP contribution in [-0.2, 0) is 9.53 Å². The smallest absolute Gasteiger partial charge is 0.338 e. The van der Waals surface area contributed by atoms with E-state index in [1.165, 1.54) is 0 Å². The average Bonchev–Trinajstić information content (AvgIpc) is 2.51. The summed E-state index contributed by atoms with van der Waals surface area (Å²) in [6, 6.07) is 9.52. The predicted octanol–water partition coefficient (Wildman–Crippen LogP) is 3.21. The predicted molar refractivity (Wildman–Crippen MR) is 91.2 cm³/mol. The van der Waals surface area contributed by atoms with Crippen molar-refractivity contribution in [3.8, 4) is 0 Å². The third kappa shape index (κ3) is 4.07. The summed E-state index contributed by atoms with van der Waals surface area (Å²) < 4.78 is 5.42. The van der Waals surface area contributed by atoms with Crippen LogP contribution in [0.4, 0.5) is 0 Å². The van der Waals surface area contributed by atoms with E-state index in [1.54, 1.807) is 0 Å². The van der Waals surface area contributed by atoms with Crippen LogP contribution in [0.15, 0.2) is 41.6 Å². The Hall–Kier alpha value is -1.88. The van der Waals surface area contributed by atoms with Crippen LogP contribution in [0.3, 0.4) is 0 Å². The number of unbranched alkanes of at least 4 members (excludes halogenated alkanes) is 2. The van der Waals surface area contributed by atoms with Crippen molar-refractivity contribution in [2.45, 2.75) is 39.2 Å². The van der Waals surface area contributed by atoms with Gasteiger partial charge < -0.3 is 15.4 Å². The Bertz CT molecular complexity index is 569. The molecular formula is C17H22N2O2S. The van der Waals surface area contributed by atoms with E-state index in [1.807, 2.05) is 37.3 Å². The van der Waals surface area contributed by atoms with E-state index in [2.05, 4.69) is 17.6 Å². The monoisotopic (exact) mass is 318 g/mol. The third-order valence-corrected chi connectivity index (χ3v) is 3.82. The molecule has 5 heteroatoms. The van der Waals surface area contributed by atoms with E-state index >= 15 is 0 Å². The minimum atomic E-state index is -0.287. The van der Waals surface area contributed by atoms with E-state index in [-0.39, 0.29) is 12.0 Å². The van der Waals surface area contributed by atoms with Crippen molar-refractivity contribution in [3.63, 3.8) is 0 Å². The number of ether oxygens (including phenoxy) is 1. The molecule has 1 atom stereocenters. The standard InChI is InChI=1S/C17H22N2O2S/c1-3-4-8-11-21-16(20)14-12(2)18-17(22)19-15(14)13-9-6-5-7-10-13/h5-7,9-10,15H,3-4,8,11H2,1-2H3,(H2,18,19,22)/t15-/m0/s1. The Morgan fingerprint density at radius 3 is 2.68 bits per heavy atom. The molecule has 1 heterocycles. The first-order valence-electron chi connectivity index (χ1n) is 7.63. The summed E-state index contributed by atoms with van der Waals surface area (Å²) in [5.41, 5.74) is 2.33. The van der Waals surface area contributed by atoms with Crippen LogP contribution < -0.4 is 10.6 Å². The second kappa shape index (κ2) is 7.94. The van der Waals surface area contributed by atoms with Gasteiger partial charge >= 0.3 is 5.97 Å². The van der Waals surface area contributed by atoms with Crippen molar-refractivity contribution in [1.82, 2.24) is 10.6 Å². The highest BCUT2D eigenvalue weighted by atomic mass is 32.1. The first-order valence-corrected chi connectivity index (χ1v) is 8.04. The Balaban J connectivity index is 2.18. The third-order valence-electron chi connectivity index (χ3n) is 3.60. The molecule has 1 aliphatic heterocycles. The van der Waals surface area contributed by atoms with Gasteiger partial charge in [-0.25, -0.2) is 4.79 Å². The maximum atomic E-state index is 12.5. The van der Waals surface area contributed by atoms with E-state index < -0.39 is 0 Å². The zero-order chi connectivity index (χ0) is 15.9. The average molecular weight is 318 g/mol. The van der Waals surface area contributed by atoms with Gasteiger partial charge in [0, 0.05) is 5.70 Å². The maximum Gasteiger partial charge on any atom is 0.338 e. The lowest BCUT2D eigenvalue weighted by Gasteiger charge is -2.29. The number of hydrogen-bond donors (Lipinski definition) is 2. The quantitative estimate of drug-likeness (QED) is 0.479. The van der Waals surface area contributed by atoms with Gasteiger partial charge in [-0.3, -0.25) is 0 Å². The minimum absolute atomic E-state index is 0.270. The zero-order valence-electron chi connectivity index (χ0n) is 13.0. The molecule has 0 unspecified atom stereocenters. The van der Waals surface area contributed by atoms with Crippen LogP contribution in [0.1, 0.15) is 44.7 Å². The highest BCUT2D eigenvalue weighted by Gasteiger charge is 2.30. The summed E-state index contributed by atoms with van der Waals surface area (Å²) in [7, 11) is 0. The fraction of sp³-hybridized carbons (Fsp3) is 0.412. The number of benzene rings is 1. The molecule has 118 valence electrons. The molecule has 4 nitrogen and oxygen atoms in total. The van der Waals surface area contributed by atoms with Crippen LogP contribution in [0.5, 0.6) is 0 Å². The molecule has 0 fully saturated rings. The SMILES string of the molecule is CCCCCOC(=O)C1=C(C)NC(=S)N[C@H]1c1ccccc1. The second-order valence-electron chi connectivity index (χ2n) is 5.32. The summed E-state index contributed by atoms with van der Waals surface area (Å²) in [4.78, 5) is 12.5. The molecule has 1 aromatic rings. The highest BCUT2D eigenvalue weighted by Crippen LogP contribution is 2.27. The summed E-state index contributed by atoms with van der Waals surface area (Å²) >= 11 is 5.21. The molecule has 2 rings (SSSR count). The molecule has 0 saturated carbocycles. The first-order chi connectivity index (χ1) is 10.6. The van der Waals surface area contributed by atoms with Crippen LogP contribution in [-0.4, -0.2) is 17.7 Å². The molecule has 0 aromatic heterocycles. The number of rotatable bonds is 6. The topological polar surface area (TPSA) is 50.4 Å². The molecule has 1 aliphatic rings. The molecular weight excluding hydrogens is 296 g/mol. The molecule has 0 aliphatic carbocycles. The summed E-state index contributed by atoms with van der Waals surface area (Å²) in [6.07, 6.45) is 3.06. The largest absolute Gasteiger partial charge is 0.462 e. The molecule has 0 saturated heterocycles.